The molecule has 2 rings (SSSR count). The lowest BCUT2D eigenvalue weighted by Gasteiger charge is -2.23. The molecule has 19 heavy (non-hydrogen) atoms. The second-order valence-electron chi connectivity index (χ2n) is 4.34. The first kappa shape index (κ1) is 14.4. The first-order valence-electron chi connectivity index (χ1n) is 5.78. The van der Waals surface area contributed by atoms with Crippen LogP contribution < -0.4 is 4.72 Å². The molecule has 106 valence electrons. The van der Waals surface area contributed by atoms with Gasteiger partial charge in [-0.2, -0.15) is 16.5 Å². The molecule has 1 fully saturated rings. The van der Waals surface area contributed by atoms with Gasteiger partial charge in [0.05, 0.1) is 6.20 Å². The third-order valence-corrected chi connectivity index (χ3v) is 5.63. The fourth-order valence-electron chi connectivity index (χ4n) is 1.83. The third-order valence-electron chi connectivity index (χ3n) is 2.99. The smallest absolute Gasteiger partial charge is 0.325 e. The molecule has 2 heterocycles. The van der Waals surface area contributed by atoms with Crippen LogP contribution >= 0.6 is 11.8 Å². The summed E-state index contributed by atoms with van der Waals surface area (Å²) in [6, 6.07) is 0. The van der Waals surface area contributed by atoms with Gasteiger partial charge in [0.2, 0.25) is 0 Å². The second-order valence-corrected chi connectivity index (χ2v) is 7.10. The molecule has 0 saturated carbocycles. The SMILES string of the molecule is CCc1ncc(S(=O)(=O)NC2(C(=O)O)CCSC2)[nH]1. The lowest BCUT2D eigenvalue weighted by atomic mass is 10.0. The Labute approximate surface area is 115 Å². The van der Waals surface area contributed by atoms with Gasteiger partial charge in [-0.3, -0.25) is 4.79 Å². The van der Waals surface area contributed by atoms with Crippen molar-refractivity contribution in [3.8, 4) is 0 Å². The van der Waals surface area contributed by atoms with E-state index in [1.54, 1.807) is 0 Å². The van der Waals surface area contributed by atoms with Crippen LogP contribution in [-0.4, -0.2) is 46.5 Å². The number of thioether (sulfide) groups is 1. The molecule has 1 saturated heterocycles. The van der Waals surface area contributed by atoms with Gasteiger partial charge in [0.15, 0.2) is 5.03 Å². The number of aromatic amines is 1. The highest BCUT2D eigenvalue weighted by Gasteiger charge is 2.45. The number of nitrogens with zero attached hydrogens (tertiary/aromatic N) is 1. The summed E-state index contributed by atoms with van der Waals surface area (Å²) in [7, 11) is -3.90. The van der Waals surface area contributed by atoms with Crippen LogP contribution in [0.15, 0.2) is 11.2 Å². The van der Waals surface area contributed by atoms with E-state index in [0.29, 0.717) is 18.0 Å². The molecule has 0 aromatic carbocycles. The van der Waals surface area contributed by atoms with Gasteiger partial charge in [-0.05, 0) is 12.2 Å². The zero-order chi connectivity index (χ0) is 14.1. The molecule has 1 atom stereocenters. The topological polar surface area (TPSA) is 112 Å². The maximum Gasteiger partial charge on any atom is 0.325 e. The molecule has 9 heteroatoms. The fourth-order valence-corrected chi connectivity index (χ4v) is 4.58. The molecule has 1 aliphatic rings. The average Bonchev–Trinajstić information content (AvgIpc) is 2.96. The predicted octanol–water partition coefficient (Wildman–Crippen LogP) is 0.211. The highest BCUT2D eigenvalue weighted by Crippen LogP contribution is 2.29. The molecule has 0 radical (unpaired) electrons. The molecule has 1 aromatic rings. The average molecular weight is 305 g/mol. The minimum Gasteiger partial charge on any atom is -0.480 e. The Morgan fingerprint density at radius 2 is 2.42 bits per heavy atom. The molecule has 0 amide bonds. The summed E-state index contributed by atoms with van der Waals surface area (Å²) in [5.41, 5.74) is -1.42. The Morgan fingerprint density at radius 3 is 2.89 bits per heavy atom. The number of sulfonamides is 1. The van der Waals surface area contributed by atoms with E-state index in [1.807, 2.05) is 6.92 Å². The summed E-state index contributed by atoms with van der Waals surface area (Å²) in [6.45, 7) is 1.84. The Bertz CT molecular complexity index is 575. The lowest BCUT2D eigenvalue weighted by molar-refractivity contribution is -0.142. The van der Waals surface area contributed by atoms with Gasteiger partial charge in [0, 0.05) is 12.2 Å². The van der Waals surface area contributed by atoms with Gasteiger partial charge < -0.3 is 10.1 Å². The van der Waals surface area contributed by atoms with Crippen molar-refractivity contribution in [2.75, 3.05) is 11.5 Å². The van der Waals surface area contributed by atoms with Crippen LogP contribution in [0.3, 0.4) is 0 Å². The first-order valence-corrected chi connectivity index (χ1v) is 8.42. The minimum absolute atomic E-state index is 0.0955. The van der Waals surface area contributed by atoms with Gasteiger partial charge in [0.25, 0.3) is 10.0 Å². The van der Waals surface area contributed by atoms with Crippen LogP contribution in [0.2, 0.25) is 0 Å². The molecule has 3 N–H and O–H groups in total. The van der Waals surface area contributed by atoms with Crippen LogP contribution in [0.4, 0.5) is 0 Å². The first-order chi connectivity index (χ1) is 8.89. The van der Waals surface area contributed by atoms with E-state index in [9.17, 15) is 18.3 Å². The van der Waals surface area contributed by atoms with Crippen LogP contribution in [0.5, 0.6) is 0 Å². The summed E-state index contributed by atoms with van der Waals surface area (Å²) >= 11 is 1.42. The Hall–Kier alpha value is -1.06. The quantitative estimate of drug-likeness (QED) is 0.717. The molecule has 0 spiro atoms. The van der Waals surface area contributed by atoms with E-state index >= 15 is 0 Å². The number of hydrogen-bond acceptors (Lipinski definition) is 5. The summed E-state index contributed by atoms with van der Waals surface area (Å²) < 4.78 is 26.6. The van der Waals surface area contributed by atoms with Crippen LogP contribution in [0, 0.1) is 0 Å². The number of aliphatic carboxylic acids is 1. The largest absolute Gasteiger partial charge is 0.480 e. The fraction of sp³-hybridized carbons (Fsp3) is 0.600. The number of carboxylic acid groups (broad SMARTS) is 1. The molecular formula is C10H15N3O4S2. The number of aryl methyl sites for hydroxylation is 1. The minimum atomic E-state index is -3.90. The number of aromatic nitrogens is 2. The van der Waals surface area contributed by atoms with Gasteiger partial charge in [0.1, 0.15) is 11.4 Å². The van der Waals surface area contributed by atoms with E-state index in [2.05, 4.69) is 14.7 Å². The predicted molar refractivity (Wildman–Crippen MR) is 70.6 cm³/mol. The monoisotopic (exact) mass is 305 g/mol. The number of rotatable bonds is 5. The zero-order valence-electron chi connectivity index (χ0n) is 10.3. The van der Waals surface area contributed by atoms with Crippen LogP contribution in [-0.2, 0) is 21.2 Å². The van der Waals surface area contributed by atoms with Crippen molar-refractivity contribution < 1.29 is 18.3 Å². The molecule has 7 nitrogen and oxygen atoms in total. The highest BCUT2D eigenvalue weighted by molar-refractivity contribution is 7.99. The number of imidazole rings is 1. The van der Waals surface area contributed by atoms with Crippen molar-refractivity contribution in [3.63, 3.8) is 0 Å². The summed E-state index contributed by atoms with van der Waals surface area (Å²) in [4.78, 5) is 17.9. The normalized spacial score (nSPS) is 23.6. The Morgan fingerprint density at radius 1 is 1.68 bits per heavy atom. The number of hydrogen-bond donors (Lipinski definition) is 3. The van der Waals surface area contributed by atoms with Gasteiger partial charge in [-0.1, -0.05) is 6.92 Å². The maximum absolute atomic E-state index is 12.2. The van der Waals surface area contributed by atoms with Gasteiger partial charge in [-0.25, -0.2) is 13.4 Å². The van der Waals surface area contributed by atoms with Gasteiger partial charge >= 0.3 is 5.97 Å². The zero-order valence-corrected chi connectivity index (χ0v) is 12.0. The van der Waals surface area contributed by atoms with Crippen molar-refractivity contribution in [2.24, 2.45) is 0 Å². The Balaban J connectivity index is 2.27. The standard InChI is InChI=1S/C10H15N3O4S2/c1-2-7-11-5-8(12-7)19(16,17)13-10(9(14)15)3-4-18-6-10/h5,13H,2-4,6H2,1H3,(H,11,12)(H,14,15). The van der Waals surface area contributed by atoms with Crippen molar-refractivity contribution in [1.82, 2.24) is 14.7 Å². The number of nitrogens with one attached hydrogen (secondary N) is 2. The molecular weight excluding hydrogens is 290 g/mol. The summed E-state index contributed by atoms with van der Waals surface area (Å²) in [6.07, 6.45) is 2.06. The molecule has 0 bridgehead atoms. The van der Waals surface area contributed by atoms with Crippen molar-refractivity contribution in [3.05, 3.63) is 12.0 Å². The van der Waals surface area contributed by atoms with Gasteiger partial charge in [-0.15, -0.1) is 0 Å². The van der Waals surface area contributed by atoms with E-state index in [0.717, 1.165) is 0 Å². The van der Waals surface area contributed by atoms with E-state index in [4.69, 9.17) is 0 Å². The van der Waals surface area contributed by atoms with Crippen LogP contribution in [0.25, 0.3) is 0 Å². The van der Waals surface area contributed by atoms with Crippen molar-refractivity contribution >= 4 is 27.8 Å². The van der Waals surface area contributed by atoms with E-state index in [1.165, 1.54) is 18.0 Å². The van der Waals surface area contributed by atoms with Crippen LogP contribution in [0.1, 0.15) is 19.2 Å². The molecule has 0 aliphatic carbocycles. The summed E-state index contributed by atoms with van der Waals surface area (Å²) in [5, 5.41) is 9.16. The number of carboxylic acids is 1. The number of H-pyrrole nitrogens is 1. The molecule has 1 unspecified atom stereocenters. The third kappa shape index (κ3) is 2.77. The summed E-state index contributed by atoms with van der Waals surface area (Å²) in [5.74, 6) is 0.260. The van der Waals surface area contributed by atoms with Crippen molar-refractivity contribution in [2.45, 2.75) is 30.3 Å². The Kier molecular flexibility index (Phi) is 3.88. The highest BCUT2D eigenvalue weighted by atomic mass is 32.2. The second kappa shape index (κ2) is 5.14. The number of carbonyl (C=O) groups is 1. The molecule has 1 aliphatic heterocycles. The van der Waals surface area contributed by atoms with E-state index < -0.39 is 21.5 Å². The lowest BCUT2D eigenvalue weighted by Crippen LogP contribution is -2.54. The molecule has 1 aromatic heterocycles. The van der Waals surface area contributed by atoms with E-state index in [-0.39, 0.29) is 17.2 Å². The van der Waals surface area contributed by atoms with Crippen molar-refractivity contribution in [1.29, 1.82) is 0 Å². The maximum atomic E-state index is 12.2.